The molecule has 0 fully saturated rings. The largest absolute Gasteiger partial charge is 0.480 e. The van der Waals surface area contributed by atoms with Crippen molar-refractivity contribution in [2.75, 3.05) is 0 Å². The lowest BCUT2D eigenvalue weighted by Crippen LogP contribution is -2.35. The molecule has 2 N–H and O–H groups in total. The van der Waals surface area contributed by atoms with Gasteiger partial charge in [-0.3, -0.25) is 4.79 Å². The Kier molecular flexibility index (Phi) is 7.21. The van der Waals surface area contributed by atoms with E-state index in [0.717, 1.165) is 17.2 Å². The number of nitrogens with zero attached hydrogens (tertiary/aromatic N) is 2. The topological polar surface area (TPSA) is 88.3 Å². The van der Waals surface area contributed by atoms with E-state index in [2.05, 4.69) is 15.5 Å². The zero-order valence-electron chi connectivity index (χ0n) is 19.6. The minimum Gasteiger partial charge on any atom is -0.480 e. The van der Waals surface area contributed by atoms with Crippen LogP contribution in [0.25, 0.3) is 34.0 Å². The number of aliphatic carboxylic acids is 1. The van der Waals surface area contributed by atoms with Crippen LogP contribution in [0, 0.1) is 6.92 Å². The van der Waals surface area contributed by atoms with E-state index in [0.29, 0.717) is 24.1 Å². The van der Waals surface area contributed by atoms with Gasteiger partial charge in [-0.15, -0.1) is 0 Å². The Bertz CT molecular complexity index is 1380. The molecule has 0 amide bonds. The quantitative estimate of drug-likeness (QED) is 0.296. The van der Waals surface area contributed by atoms with Crippen LogP contribution < -0.4 is 5.32 Å². The van der Waals surface area contributed by atoms with Crippen LogP contribution in [0.1, 0.15) is 30.0 Å². The molecule has 0 aliphatic carbocycles. The number of halogens is 3. The molecule has 186 valence electrons. The van der Waals surface area contributed by atoms with Crippen molar-refractivity contribution >= 4 is 5.97 Å². The van der Waals surface area contributed by atoms with Crippen molar-refractivity contribution in [2.24, 2.45) is 0 Å². The van der Waals surface area contributed by atoms with Crippen molar-refractivity contribution in [3.05, 3.63) is 83.4 Å². The van der Waals surface area contributed by atoms with Crippen LogP contribution in [0.5, 0.6) is 0 Å². The molecular weight excluding hydrogens is 471 g/mol. The van der Waals surface area contributed by atoms with E-state index in [1.54, 1.807) is 56.3 Å². The predicted octanol–water partition coefficient (Wildman–Crippen LogP) is 6.35. The maximum absolute atomic E-state index is 14.0. The highest BCUT2D eigenvalue weighted by Gasteiger charge is 2.34. The van der Waals surface area contributed by atoms with E-state index in [1.807, 2.05) is 6.07 Å². The summed E-state index contributed by atoms with van der Waals surface area (Å²) in [5, 5.41) is 16.1. The Balaban J connectivity index is 1.63. The lowest BCUT2D eigenvalue weighted by molar-refractivity contribution is -0.139. The predicted molar refractivity (Wildman–Crippen MR) is 129 cm³/mol. The second-order valence-corrected chi connectivity index (χ2v) is 8.38. The zero-order valence-corrected chi connectivity index (χ0v) is 19.6. The number of aromatic nitrogens is 2. The Morgan fingerprint density at radius 2 is 1.81 bits per heavy atom. The van der Waals surface area contributed by atoms with Gasteiger partial charge in [-0.1, -0.05) is 60.6 Å². The normalized spacial score (nSPS) is 12.5. The number of carboxylic acid groups (broad SMARTS) is 1. The third kappa shape index (κ3) is 5.46. The smallest absolute Gasteiger partial charge is 0.417 e. The van der Waals surface area contributed by atoms with Gasteiger partial charge >= 0.3 is 12.1 Å². The van der Waals surface area contributed by atoms with Crippen molar-refractivity contribution in [1.29, 1.82) is 0 Å². The summed E-state index contributed by atoms with van der Waals surface area (Å²) < 4.78 is 47.2. The molecule has 0 aliphatic heterocycles. The number of carbonyl (C=O) groups is 1. The number of hydrogen-bond acceptors (Lipinski definition) is 5. The van der Waals surface area contributed by atoms with Crippen LogP contribution in [0.4, 0.5) is 13.2 Å². The Hall–Kier alpha value is -3.98. The number of hydrogen-bond donors (Lipinski definition) is 2. The van der Waals surface area contributed by atoms with Crippen molar-refractivity contribution < 1.29 is 27.6 Å². The van der Waals surface area contributed by atoms with Crippen LogP contribution >= 0.6 is 0 Å². The molecule has 0 saturated heterocycles. The van der Waals surface area contributed by atoms with E-state index in [-0.39, 0.29) is 22.8 Å². The fraction of sp³-hybridized carbons (Fsp3) is 0.222. The van der Waals surface area contributed by atoms with Crippen LogP contribution in [0.2, 0.25) is 0 Å². The molecule has 0 radical (unpaired) electrons. The Morgan fingerprint density at radius 3 is 2.50 bits per heavy atom. The highest BCUT2D eigenvalue weighted by atomic mass is 19.4. The minimum atomic E-state index is -4.58. The van der Waals surface area contributed by atoms with Crippen LogP contribution in [-0.2, 0) is 17.5 Å². The van der Waals surface area contributed by atoms with Gasteiger partial charge in [0.05, 0.1) is 5.56 Å². The molecule has 0 bridgehead atoms. The monoisotopic (exact) mass is 495 g/mol. The van der Waals surface area contributed by atoms with E-state index in [1.165, 1.54) is 12.1 Å². The number of alkyl halides is 3. The van der Waals surface area contributed by atoms with Gasteiger partial charge in [0.1, 0.15) is 6.04 Å². The first-order chi connectivity index (χ1) is 17.2. The summed E-state index contributed by atoms with van der Waals surface area (Å²) >= 11 is 0. The standard InChI is InChI=1S/C27H24F3N3O3/c1-3-23(26(34)35)31-15-17-8-6-9-18(13-17)24-32-25(36-33-24)19-11-12-21(22(14-19)27(28,29)30)20-10-5-4-7-16(20)2/h4-14,23,31H,3,15H2,1-2H3,(H,34,35). The maximum Gasteiger partial charge on any atom is 0.417 e. The van der Waals surface area contributed by atoms with Crippen LogP contribution in [-0.4, -0.2) is 27.3 Å². The fourth-order valence-corrected chi connectivity index (χ4v) is 3.95. The van der Waals surface area contributed by atoms with E-state index in [9.17, 15) is 23.1 Å². The van der Waals surface area contributed by atoms with Crippen molar-refractivity contribution in [1.82, 2.24) is 15.5 Å². The van der Waals surface area contributed by atoms with Gasteiger partial charge in [0.15, 0.2) is 0 Å². The van der Waals surface area contributed by atoms with Crippen LogP contribution in [0.3, 0.4) is 0 Å². The summed E-state index contributed by atoms with van der Waals surface area (Å²) in [4.78, 5) is 15.5. The van der Waals surface area contributed by atoms with Gasteiger partial charge in [-0.2, -0.15) is 18.2 Å². The van der Waals surface area contributed by atoms with Crippen molar-refractivity contribution in [3.8, 4) is 34.0 Å². The molecule has 6 nitrogen and oxygen atoms in total. The Labute approximate surface area is 205 Å². The van der Waals surface area contributed by atoms with E-state index in [4.69, 9.17) is 4.52 Å². The minimum absolute atomic E-state index is 0.0349. The average Bonchev–Trinajstić information content (AvgIpc) is 3.34. The highest BCUT2D eigenvalue weighted by molar-refractivity contribution is 5.75. The van der Waals surface area contributed by atoms with Gasteiger partial charge in [-0.25, -0.2) is 0 Å². The molecule has 0 aliphatic rings. The van der Waals surface area contributed by atoms with Gasteiger partial charge in [0, 0.05) is 17.7 Å². The lowest BCUT2D eigenvalue weighted by Gasteiger charge is -2.15. The van der Waals surface area contributed by atoms with Gasteiger partial charge in [0.2, 0.25) is 5.82 Å². The first-order valence-corrected chi connectivity index (χ1v) is 11.3. The third-order valence-electron chi connectivity index (χ3n) is 5.88. The molecule has 0 spiro atoms. The maximum atomic E-state index is 14.0. The molecule has 1 atom stereocenters. The molecule has 1 unspecified atom stereocenters. The lowest BCUT2D eigenvalue weighted by atomic mass is 9.94. The van der Waals surface area contributed by atoms with E-state index < -0.39 is 23.8 Å². The number of aryl methyl sites for hydroxylation is 1. The summed E-state index contributed by atoms with van der Waals surface area (Å²) in [6.45, 7) is 3.86. The summed E-state index contributed by atoms with van der Waals surface area (Å²) in [6.07, 6.45) is -4.14. The van der Waals surface area contributed by atoms with Gasteiger partial charge < -0.3 is 14.9 Å². The van der Waals surface area contributed by atoms with Gasteiger partial charge in [-0.05, 0) is 53.8 Å². The fourth-order valence-electron chi connectivity index (χ4n) is 3.95. The van der Waals surface area contributed by atoms with Gasteiger partial charge in [0.25, 0.3) is 5.89 Å². The Morgan fingerprint density at radius 1 is 1.03 bits per heavy atom. The molecule has 1 heterocycles. The molecular formula is C27H24F3N3O3. The second-order valence-electron chi connectivity index (χ2n) is 8.38. The second kappa shape index (κ2) is 10.3. The van der Waals surface area contributed by atoms with E-state index >= 15 is 0 Å². The summed E-state index contributed by atoms with van der Waals surface area (Å²) in [6, 6.07) is 17.3. The molecule has 1 aromatic heterocycles. The zero-order chi connectivity index (χ0) is 25.9. The van der Waals surface area contributed by atoms with Crippen LogP contribution in [0.15, 0.2) is 71.3 Å². The molecule has 4 rings (SSSR count). The molecule has 4 aromatic rings. The highest BCUT2D eigenvalue weighted by Crippen LogP contribution is 2.40. The average molecular weight is 496 g/mol. The summed E-state index contributed by atoms with van der Waals surface area (Å²) in [5.41, 5.74) is 2.09. The number of rotatable bonds is 8. The first kappa shape index (κ1) is 25.1. The SMILES string of the molecule is CCC(NCc1cccc(-c2noc(-c3ccc(-c4ccccc4C)c(C(F)(F)F)c3)n2)c1)C(=O)O. The first-order valence-electron chi connectivity index (χ1n) is 11.3. The summed E-state index contributed by atoms with van der Waals surface area (Å²) in [7, 11) is 0. The number of carboxylic acids is 1. The number of nitrogens with one attached hydrogen (secondary N) is 1. The third-order valence-corrected chi connectivity index (χ3v) is 5.88. The molecule has 3 aromatic carbocycles. The summed E-state index contributed by atoms with van der Waals surface area (Å²) in [5.74, 6) is -0.746. The van der Waals surface area contributed by atoms with Crippen molar-refractivity contribution in [2.45, 2.75) is 39.0 Å². The molecule has 36 heavy (non-hydrogen) atoms. The molecule has 9 heteroatoms. The number of benzene rings is 3. The molecule has 0 saturated carbocycles. The van der Waals surface area contributed by atoms with Crippen molar-refractivity contribution in [3.63, 3.8) is 0 Å².